The second kappa shape index (κ2) is 9.27. The Balaban J connectivity index is 1.91. The predicted octanol–water partition coefficient (Wildman–Crippen LogP) is 3.92. The van der Waals surface area contributed by atoms with Gasteiger partial charge in [0.05, 0.1) is 10.6 Å². The normalized spacial score (nSPS) is 12.7. The van der Waals surface area contributed by atoms with Crippen molar-refractivity contribution >= 4 is 35.0 Å². The van der Waals surface area contributed by atoms with Gasteiger partial charge >= 0.3 is 5.97 Å². The molecule has 0 bridgehead atoms. The number of carbonyl (C=O) groups is 2. The molecule has 0 saturated heterocycles. The Bertz CT molecular complexity index is 892. The molecule has 148 valence electrons. The van der Waals surface area contributed by atoms with Crippen LogP contribution in [0.15, 0.2) is 47.4 Å². The van der Waals surface area contributed by atoms with Gasteiger partial charge in [0.2, 0.25) is 0 Å². The number of hydrogen-bond donors (Lipinski definition) is 1. The highest BCUT2D eigenvalue weighted by atomic mass is 32.2. The number of rotatable bonds is 7. The smallest absolute Gasteiger partial charge is 0.319 e. The zero-order valence-corrected chi connectivity index (χ0v) is 15.7. The number of halogens is 2. The number of esters is 1. The third kappa shape index (κ3) is 5.74. The zero-order chi connectivity index (χ0) is 20.8. The van der Waals surface area contributed by atoms with Crippen molar-refractivity contribution < 1.29 is 28.0 Å². The predicted molar refractivity (Wildman–Crippen MR) is 99.0 cm³/mol. The van der Waals surface area contributed by atoms with Crippen LogP contribution < -0.4 is 5.32 Å². The fraction of sp³-hybridized carbons (Fsp3) is 0.222. The van der Waals surface area contributed by atoms with Crippen LogP contribution in [0.1, 0.15) is 13.8 Å². The molecule has 2 aromatic rings. The molecule has 0 aliphatic rings. The molecule has 0 fully saturated rings. The number of ether oxygens (including phenoxy) is 1. The van der Waals surface area contributed by atoms with Gasteiger partial charge in [0.15, 0.2) is 6.10 Å². The van der Waals surface area contributed by atoms with E-state index in [0.29, 0.717) is 11.0 Å². The van der Waals surface area contributed by atoms with Crippen LogP contribution in [0.2, 0.25) is 0 Å². The monoisotopic (exact) mass is 410 g/mol. The molecule has 1 N–H and O–H groups in total. The van der Waals surface area contributed by atoms with Crippen molar-refractivity contribution in [3.05, 3.63) is 64.2 Å². The third-order valence-corrected chi connectivity index (χ3v) is 4.63. The van der Waals surface area contributed by atoms with Crippen LogP contribution in [0.3, 0.4) is 0 Å². The van der Waals surface area contributed by atoms with Gasteiger partial charge in [0.1, 0.15) is 16.9 Å². The summed E-state index contributed by atoms with van der Waals surface area (Å²) in [5.41, 5.74) is -0.305. The van der Waals surface area contributed by atoms with Gasteiger partial charge in [-0.05, 0) is 38.1 Å². The standard InChI is InChI=1S/C18H16F2N2O5S/c1-10(17(23)21-16-8-3-12(19)9-15(16)20)27-18(24)11(2)28-14-6-4-13(5-7-14)22(25)26/h3-11H,1-2H3,(H,21,23)/t10-,11+/m0/s1. The molecular weight excluding hydrogens is 394 g/mol. The number of amides is 1. The molecular formula is C18H16F2N2O5S. The van der Waals surface area contributed by atoms with E-state index in [1.165, 1.54) is 31.2 Å². The molecule has 0 aliphatic heterocycles. The summed E-state index contributed by atoms with van der Waals surface area (Å²) < 4.78 is 31.5. The second-order valence-corrected chi connectivity index (χ2v) is 7.12. The lowest BCUT2D eigenvalue weighted by molar-refractivity contribution is -0.384. The van der Waals surface area contributed by atoms with Crippen LogP contribution in [-0.2, 0) is 14.3 Å². The van der Waals surface area contributed by atoms with E-state index in [2.05, 4.69) is 5.32 Å². The fourth-order valence-electron chi connectivity index (χ4n) is 2.05. The summed E-state index contributed by atoms with van der Waals surface area (Å²) in [6, 6.07) is 8.29. The molecule has 0 aromatic heterocycles. The van der Waals surface area contributed by atoms with Crippen LogP contribution in [-0.4, -0.2) is 28.2 Å². The fourth-order valence-corrected chi connectivity index (χ4v) is 2.90. The minimum absolute atomic E-state index is 0.0714. The van der Waals surface area contributed by atoms with E-state index in [0.717, 1.165) is 23.9 Å². The molecule has 1 amide bonds. The van der Waals surface area contributed by atoms with Crippen molar-refractivity contribution in [2.45, 2.75) is 30.1 Å². The van der Waals surface area contributed by atoms with E-state index in [1.54, 1.807) is 6.92 Å². The first-order valence-corrected chi connectivity index (χ1v) is 8.93. The van der Waals surface area contributed by atoms with Crippen molar-refractivity contribution in [2.24, 2.45) is 0 Å². The molecule has 0 heterocycles. The first-order valence-electron chi connectivity index (χ1n) is 8.05. The molecule has 10 heteroatoms. The van der Waals surface area contributed by atoms with Gasteiger partial charge < -0.3 is 10.1 Å². The topological polar surface area (TPSA) is 98.5 Å². The summed E-state index contributed by atoms with van der Waals surface area (Å²) in [6.07, 6.45) is -1.21. The Kier molecular flexibility index (Phi) is 7.05. The lowest BCUT2D eigenvalue weighted by Crippen LogP contribution is -2.32. The van der Waals surface area contributed by atoms with Gasteiger partial charge in [0.25, 0.3) is 11.6 Å². The van der Waals surface area contributed by atoms with E-state index in [1.807, 2.05) is 0 Å². The number of carbonyl (C=O) groups excluding carboxylic acids is 2. The summed E-state index contributed by atoms with van der Waals surface area (Å²) >= 11 is 1.10. The largest absolute Gasteiger partial charge is 0.452 e. The van der Waals surface area contributed by atoms with E-state index < -0.39 is 39.8 Å². The van der Waals surface area contributed by atoms with Crippen LogP contribution in [0.5, 0.6) is 0 Å². The van der Waals surface area contributed by atoms with Crippen LogP contribution >= 0.6 is 11.8 Å². The van der Waals surface area contributed by atoms with E-state index in [4.69, 9.17) is 4.74 Å². The van der Waals surface area contributed by atoms with E-state index >= 15 is 0 Å². The summed E-state index contributed by atoms with van der Waals surface area (Å²) in [7, 11) is 0. The maximum absolute atomic E-state index is 13.6. The van der Waals surface area contributed by atoms with Gasteiger partial charge in [-0.25, -0.2) is 8.78 Å². The number of non-ortho nitro benzene ring substituents is 1. The first kappa shape index (κ1) is 21.3. The Morgan fingerprint density at radius 2 is 1.79 bits per heavy atom. The number of nitrogens with one attached hydrogen (secondary N) is 1. The van der Waals surface area contributed by atoms with Gasteiger partial charge in [-0.1, -0.05) is 0 Å². The molecule has 0 aliphatic carbocycles. The average Bonchev–Trinajstić information content (AvgIpc) is 2.64. The van der Waals surface area contributed by atoms with E-state index in [-0.39, 0.29) is 11.4 Å². The van der Waals surface area contributed by atoms with Gasteiger partial charge in [-0.2, -0.15) is 0 Å². The van der Waals surface area contributed by atoms with Crippen molar-refractivity contribution in [3.63, 3.8) is 0 Å². The highest BCUT2D eigenvalue weighted by Crippen LogP contribution is 2.26. The van der Waals surface area contributed by atoms with Gasteiger partial charge in [0, 0.05) is 23.1 Å². The van der Waals surface area contributed by atoms with Crippen molar-refractivity contribution in [2.75, 3.05) is 5.32 Å². The molecule has 28 heavy (non-hydrogen) atoms. The highest BCUT2D eigenvalue weighted by Gasteiger charge is 2.23. The van der Waals surface area contributed by atoms with E-state index in [9.17, 15) is 28.5 Å². The number of benzene rings is 2. The molecule has 2 atom stereocenters. The summed E-state index contributed by atoms with van der Waals surface area (Å²) in [6.45, 7) is 2.87. The highest BCUT2D eigenvalue weighted by molar-refractivity contribution is 8.00. The average molecular weight is 410 g/mol. The van der Waals surface area contributed by atoms with Crippen LogP contribution in [0.4, 0.5) is 20.2 Å². The maximum Gasteiger partial charge on any atom is 0.319 e. The lowest BCUT2D eigenvalue weighted by Gasteiger charge is -2.16. The van der Waals surface area contributed by atoms with Crippen molar-refractivity contribution in [1.82, 2.24) is 0 Å². The Morgan fingerprint density at radius 1 is 1.14 bits per heavy atom. The quantitative estimate of drug-likeness (QED) is 0.321. The lowest BCUT2D eigenvalue weighted by atomic mass is 10.2. The number of nitrogens with zero attached hydrogens (tertiary/aromatic N) is 1. The number of nitro groups is 1. The van der Waals surface area contributed by atoms with Gasteiger partial charge in [-0.15, -0.1) is 11.8 Å². The van der Waals surface area contributed by atoms with Crippen LogP contribution in [0.25, 0.3) is 0 Å². The summed E-state index contributed by atoms with van der Waals surface area (Å²) in [5.74, 6) is -3.20. The molecule has 7 nitrogen and oxygen atoms in total. The SMILES string of the molecule is C[C@H](OC(=O)[C@@H](C)Sc1ccc([N+](=O)[O-])cc1)C(=O)Nc1ccc(F)cc1F. The third-order valence-electron chi connectivity index (χ3n) is 3.54. The Labute approximate surface area is 163 Å². The number of thioether (sulfide) groups is 1. The Morgan fingerprint density at radius 3 is 2.36 bits per heavy atom. The second-order valence-electron chi connectivity index (χ2n) is 5.70. The van der Waals surface area contributed by atoms with Crippen molar-refractivity contribution in [1.29, 1.82) is 0 Å². The molecule has 2 aromatic carbocycles. The molecule has 0 saturated carbocycles. The Hall–Kier alpha value is -3.01. The molecule has 2 rings (SSSR count). The summed E-state index contributed by atoms with van der Waals surface area (Å²) in [4.78, 5) is 34.9. The minimum atomic E-state index is -1.21. The molecule has 0 spiro atoms. The first-order chi connectivity index (χ1) is 13.2. The maximum atomic E-state index is 13.6. The number of hydrogen-bond acceptors (Lipinski definition) is 6. The number of nitro benzene ring substituents is 1. The molecule has 0 unspecified atom stereocenters. The zero-order valence-electron chi connectivity index (χ0n) is 14.8. The van der Waals surface area contributed by atoms with Gasteiger partial charge in [-0.3, -0.25) is 19.7 Å². The minimum Gasteiger partial charge on any atom is -0.452 e. The van der Waals surface area contributed by atoms with Crippen LogP contribution in [0, 0.1) is 21.7 Å². The molecule has 0 radical (unpaired) electrons. The van der Waals surface area contributed by atoms with Crippen molar-refractivity contribution in [3.8, 4) is 0 Å². The number of anilines is 1. The summed E-state index contributed by atoms with van der Waals surface area (Å²) in [5, 5.41) is 12.2.